The van der Waals surface area contributed by atoms with Crippen LogP contribution in [-0.4, -0.2) is 54.0 Å². The smallest absolute Gasteiger partial charge is 0.282 e. The van der Waals surface area contributed by atoms with E-state index in [0.717, 1.165) is 69.9 Å². The second kappa shape index (κ2) is 7.76. The highest BCUT2D eigenvalue weighted by atomic mass is 32.1. The van der Waals surface area contributed by atoms with Gasteiger partial charge in [-0.2, -0.15) is 0 Å². The Morgan fingerprint density at radius 3 is 2.81 bits per heavy atom. The third kappa shape index (κ3) is 3.76. The standard InChI is InChI=1S/C20H25N3O2S/c1-25-16-6-4-5-15(13-16)14-22-11-7-17-18(8-12-22)26-19(21-17)20(24)23-9-2-3-10-23/h4-6,13H,2-3,7-12,14H2,1H3. The van der Waals surface area contributed by atoms with Gasteiger partial charge in [0.15, 0.2) is 5.01 Å². The number of likely N-dealkylation sites (tertiary alicyclic amines) is 1. The lowest BCUT2D eigenvalue weighted by atomic mass is 10.2. The van der Waals surface area contributed by atoms with Gasteiger partial charge in [-0.25, -0.2) is 4.98 Å². The zero-order valence-electron chi connectivity index (χ0n) is 15.2. The minimum atomic E-state index is 0.133. The predicted molar refractivity (Wildman–Crippen MR) is 103 cm³/mol. The number of amides is 1. The quantitative estimate of drug-likeness (QED) is 0.829. The number of nitrogens with zero attached hydrogens (tertiary/aromatic N) is 3. The molecule has 1 amide bonds. The van der Waals surface area contributed by atoms with Crippen molar-refractivity contribution >= 4 is 17.2 Å². The molecule has 3 heterocycles. The van der Waals surface area contributed by atoms with Crippen molar-refractivity contribution < 1.29 is 9.53 Å². The lowest BCUT2D eigenvalue weighted by molar-refractivity contribution is 0.0792. The molecule has 0 aliphatic carbocycles. The van der Waals surface area contributed by atoms with E-state index in [1.54, 1.807) is 18.4 Å². The van der Waals surface area contributed by atoms with Gasteiger partial charge < -0.3 is 9.64 Å². The molecule has 0 atom stereocenters. The molecule has 1 fully saturated rings. The summed E-state index contributed by atoms with van der Waals surface area (Å²) in [7, 11) is 1.70. The maximum atomic E-state index is 12.6. The Hall–Kier alpha value is -1.92. The number of aromatic nitrogens is 1. The number of hydrogen-bond acceptors (Lipinski definition) is 5. The van der Waals surface area contributed by atoms with Gasteiger partial charge in [0, 0.05) is 44.0 Å². The van der Waals surface area contributed by atoms with Gasteiger partial charge in [-0.15, -0.1) is 11.3 Å². The van der Waals surface area contributed by atoms with E-state index in [4.69, 9.17) is 9.72 Å². The van der Waals surface area contributed by atoms with Crippen molar-refractivity contribution in [3.63, 3.8) is 0 Å². The first-order valence-corrected chi connectivity index (χ1v) is 10.2. The minimum Gasteiger partial charge on any atom is -0.497 e. The molecule has 0 bridgehead atoms. The molecule has 4 rings (SSSR count). The number of ether oxygens (including phenoxy) is 1. The molecule has 2 aliphatic heterocycles. The predicted octanol–water partition coefficient (Wildman–Crippen LogP) is 2.99. The lowest BCUT2D eigenvalue weighted by Gasteiger charge is -2.20. The van der Waals surface area contributed by atoms with Crippen LogP contribution in [0.1, 0.15) is 38.8 Å². The Labute approximate surface area is 158 Å². The minimum absolute atomic E-state index is 0.133. The van der Waals surface area contributed by atoms with Gasteiger partial charge in [0.1, 0.15) is 5.75 Å². The molecule has 138 valence electrons. The normalized spacial score (nSPS) is 17.8. The summed E-state index contributed by atoms with van der Waals surface area (Å²) in [6, 6.07) is 8.27. The molecule has 26 heavy (non-hydrogen) atoms. The van der Waals surface area contributed by atoms with Crippen molar-refractivity contribution in [3.05, 3.63) is 45.4 Å². The number of hydrogen-bond donors (Lipinski definition) is 0. The third-order valence-corrected chi connectivity index (χ3v) is 6.36. The molecule has 1 aromatic carbocycles. The molecule has 0 unspecified atom stereocenters. The highest BCUT2D eigenvalue weighted by molar-refractivity contribution is 7.13. The fraction of sp³-hybridized carbons (Fsp3) is 0.500. The number of benzene rings is 1. The second-order valence-electron chi connectivity index (χ2n) is 7.02. The average Bonchev–Trinajstić information content (AvgIpc) is 3.30. The number of methoxy groups -OCH3 is 1. The van der Waals surface area contributed by atoms with Gasteiger partial charge in [-0.1, -0.05) is 12.1 Å². The molecule has 5 nitrogen and oxygen atoms in total. The van der Waals surface area contributed by atoms with Gasteiger partial charge in [0.05, 0.1) is 12.8 Å². The van der Waals surface area contributed by atoms with E-state index in [0.29, 0.717) is 5.01 Å². The zero-order valence-corrected chi connectivity index (χ0v) is 16.1. The Morgan fingerprint density at radius 1 is 1.19 bits per heavy atom. The topological polar surface area (TPSA) is 45.7 Å². The molecule has 1 aromatic heterocycles. The van der Waals surface area contributed by atoms with Gasteiger partial charge in [0.2, 0.25) is 0 Å². The fourth-order valence-electron chi connectivity index (χ4n) is 3.74. The molecular formula is C20H25N3O2S. The van der Waals surface area contributed by atoms with Crippen molar-refractivity contribution in [2.24, 2.45) is 0 Å². The summed E-state index contributed by atoms with van der Waals surface area (Å²) in [4.78, 5) is 23.0. The molecule has 0 saturated carbocycles. The molecular weight excluding hydrogens is 346 g/mol. The van der Waals surface area contributed by atoms with Crippen molar-refractivity contribution in [1.29, 1.82) is 0 Å². The van der Waals surface area contributed by atoms with Crippen molar-refractivity contribution in [1.82, 2.24) is 14.8 Å². The van der Waals surface area contributed by atoms with Crippen molar-refractivity contribution in [2.45, 2.75) is 32.2 Å². The summed E-state index contributed by atoms with van der Waals surface area (Å²) in [5.74, 6) is 1.04. The summed E-state index contributed by atoms with van der Waals surface area (Å²) >= 11 is 1.61. The highest BCUT2D eigenvalue weighted by Crippen LogP contribution is 2.26. The van der Waals surface area contributed by atoms with Gasteiger partial charge in [0.25, 0.3) is 5.91 Å². The van der Waals surface area contributed by atoms with Crippen LogP contribution in [0.15, 0.2) is 24.3 Å². The maximum Gasteiger partial charge on any atom is 0.282 e. The zero-order chi connectivity index (χ0) is 17.9. The van der Waals surface area contributed by atoms with E-state index >= 15 is 0 Å². The van der Waals surface area contributed by atoms with E-state index in [2.05, 4.69) is 17.0 Å². The van der Waals surface area contributed by atoms with E-state index in [9.17, 15) is 4.79 Å². The Kier molecular flexibility index (Phi) is 5.22. The van der Waals surface area contributed by atoms with E-state index in [1.165, 1.54) is 10.4 Å². The number of rotatable bonds is 4. The number of fused-ring (bicyclic) bond motifs is 1. The van der Waals surface area contributed by atoms with Crippen LogP contribution in [0.4, 0.5) is 0 Å². The van der Waals surface area contributed by atoms with Crippen LogP contribution in [0.5, 0.6) is 5.75 Å². The number of carbonyl (C=O) groups excluding carboxylic acids is 1. The first-order chi connectivity index (χ1) is 12.7. The lowest BCUT2D eigenvalue weighted by Crippen LogP contribution is -2.28. The number of carbonyl (C=O) groups is 1. The summed E-state index contributed by atoms with van der Waals surface area (Å²) < 4.78 is 5.32. The third-order valence-electron chi connectivity index (χ3n) is 5.21. The first-order valence-electron chi connectivity index (χ1n) is 9.36. The Morgan fingerprint density at radius 2 is 2.00 bits per heavy atom. The summed E-state index contributed by atoms with van der Waals surface area (Å²) in [5.41, 5.74) is 2.40. The van der Waals surface area contributed by atoms with E-state index in [-0.39, 0.29) is 5.91 Å². The van der Waals surface area contributed by atoms with Crippen LogP contribution in [0.25, 0.3) is 0 Å². The van der Waals surface area contributed by atoms with Crippen molar-refractivity contribution in [2.75, 3.05) is 33.3 Å². The van der Waals surface area contributed by atoms with Crippen LogP contribution in [0.3, 0.4) is 0 Å². The van der Waals surface area contributed by atoms with E-state index in [1.807, 2.05) is 17.0 Å². The van der Waals surface area contributed by atoms with Crippen LogP contribution < -0.4 is 4.74 Å². The van der Waals surface area contributed by atoms with Gasteiger partial charge >= 0.3 is 0 Å². The molecule has 2 aromatic rings. The van der Waals surface area contributed by atoms with Gasteiger partial charge in [-0.3, -0.25) is 9.69 Å². The largest absolute Gasteiger partial charge is 0.497 e. The molecule has 1 saturated heterocycles. The maximum absolute atomic E-state index is 12.6. The summed E-state index contributed by atoms with van der Waals surface area (Å²) in [6.45, 7) is 4.68. The van der Waals surface area contributed by atoms with Gasteiger partial charge in [-0.05, 0) is 37.0 Å². The monoisotopic (exact) mass is 371 g/mol. The molecule has 0 N–H and O–H groups in total. The summed E-state index contributed by atoms with van der Waals surface area (Å²) in [5, 5.41) is 0.693. The molecule has 2 aliphatic rings. The van der Waals surface area contributed by atoms with Crippen molar-refractivity contribution in [3.8, 4) is 5.75 Å². The van der Waals surface area contributed by atoms with E-state index < -0.39 is 0 Å². The second-order valence-corrected chi connectivity index (χ2v) is 8.10. The van der Waals surface area contributed by atoms with Crippen LogP contribution >= 0.6 is 11.3 Å². The first kappa shape index (κ1) is 17.5. The van der Waals surface area contributed by atoms with Crippen LogP contribution in [-0.2, 0) is 19.4 Å². The van der Waals surface area contributed by atoms with Crippen LogP contribution in [0.2, 0.25) is 0 Å². The summed E-state index contributed by atoms with van der Waals surface area (Å²) in [6.07, 6.45) is 4.14. The SMILES string of the molecule is COc1cccc(CN2CCc3nc(C(=O)N4CCCC4)sc3CC2)c1. The average molecular weight is 372 g/mol. The Bertz CT molecular complexity index is 758. The Balaban J connectivity index is 1.40. The fourth-order valence-corrected chi connectivity index (χ4v) is 4.81. The molecule has 0 spiro atoms. The molecule has 0 radical (unpaired) electrons. The molecule has 6 heteroatoms. The van der Waals surface area contributed by atoms with Crippen LogP contribution in [0, 0.1) is 0 Å². The number of thiazole rings is 1. The highest BCUT2D eigenvalue weighted by Gasteiger charge is 2.25.